The van der Waals surface area contributed by atoms with E-state index in [1.54, 1.807) is 54.7 Å². The third-order valence-corrected chi connectivity index (χ3v) is 2.75. The van der Waals surface area contributed by atoms with Gasteiger partial charge in [-0.2, -0.15) is 0 Å². The highest BCUT2D eigenvalue weighted by Gasteiger charge is 2.21. The Bertz CT molecular complexity index is 585. The molecule has 0 aliphatic carbocycles. The number of aromatic nitrogens is 1. The van der Waals surface area contributed by atoms with Crippen molar-refractivity contribution in [3.05, 3.63) is 66.0 Å². The molecule has 0 saturated heterocycles. The number of amides is 1. The van der Waals surface area contributed by atoms with Crippen LogP contribution in [0.5, 0.6) is 0 Å². The van der Waals surface area contributed by atoms with Gasteiger partial charge in [-0.15, -0.1) is 0 Å². The molecule has 0 unspecified atom stereocenters. The van der Waals surface area contributed by atoms with E-state index in [-0.39, 0.29) is 12.3 Å². The van der Waals surface area contributed by atoms with Crippen molar-refractivity contribution in [1.82, 2.24) is 10.3 Å². The molecule has 0 saturated carbocycles. The van der Waals surface area contributed by atoms with Gasteiger partial charge in [0.2, 0.25) is 5.91 Å². The Morgan fingerprint density at radius 1 is 1.10 bits per heavy atom. The molecule has 20 heavy (non-hydrogen) atoms. The molecule has 1 atom stereocenters. The smallest absolute Gasteiger partial charge is 0.330 e. The Kier molecular flexibility index (Phi) is 4.44. The van der Waals surface area contributed by atoms with Crippen molar-refractivity contribution in [2.75, 3.05) is 0 Å². The molecule has 0 bridgehead atoms. The molecule has 1 aromatic heterocycles. The lowest BCUT2D eigenvalue weighted by Crippen LogP contribution is -2.34. The molecule has 1 aromatic carbocycles. The molecule has 0 aliphatic rings. The number of hydrogen-bond donors (Lipinski definition) is 2. The summed E-state index contributed by atoms with van der Waals surface area (Å²) in [5, 5.41) is 11.7. The van der Waals surface area contributed by atoms with Crippen LogP contribution >= 0.6 is 0 Å². The number of benzene rings is 1. The summed E-state index contributed by atoms with van der Waals surface area (Å²) < 4.78 is 0. The minimum Gasteiger partial charge on any atom is -0.479 e. The predicted octanol–water partition coefficient (Wildman–Crippen LogP) is 1.57. The summed E-state index contributed by atoms with van der Waals surface area (Å²) >= 11 is 0. The fraction of sp³-hybridized carbons (Fsp3) is 0.133. The summed E-state index contributed by atoms with van der Waals surface area (Å²) in [6, 6.07) is 12.8. The monoisotopic (exact) mass is 270 g/mol. The number of carboxylic acid groups (broad SMARTS) is 1. The van der Waals surface area contributed by atoms with Gasteiger partial charge in [0, 0.05) is 11.9 Å². The fourth-order valence-corrected chi connectivity index (χ4v) is 1.81. The largest absolute Gasteiger partial charge is 0.479 e. The van der Waals surface area contributed by atoms with Gasteiger partial charge in [-0.25, -0.2) is 4.79 Å². The zero-order valence-corrected chi connectivity index (χ0v) is 10.7. The zero-order valence-electron chi connectivity index (χ0n) is 10.7. The molecule has 102 valence electrons. The molecule has 0 radical (unpaired) electrons. The van der Waals surface area contributed by atoms with E-state index in [0.717, 1.165) is 0 Å². The van der Waals surface area contributed by atoms with E-state index in [1.807, 2.05) is 0 Å². The molecule has 5 heteroatoms. The van der Waals surface area contributed by atoms with Crippen LogP contribution in [0.25, 0.3) is 0 Å². The summed E-state index contributed by atoms with van der Waals surface area (Å²) in [6.45, 7) is 0. The molecular weight excluding hydrogens is 256 g/mol. The summed E-state index contributed by atoms with van der Waals surface area (Å²) in [7, 11) is 0. The lowest BCUT2D eigenvalue weighted by Gasteiger charge is -2.14. The first-order chi connectivity index (χ1) is 9.66. The number of pyridine rings is 1. The number of nitrogens with one attached hydrogen (secondary N) is 1. The first kappa shape index (κ1) is 13.7. The molecule has 0 spiro atoms. The lowest BCUT2D eigenvalue weighted by molar-refractivity contribution is -0.142. The fourth-order valence-electron chi connectivity index (χ4n) is 1.81. The van der Waals surface area contributed by atoms with Gasteiger partial charge in [0.25, 0.3) is 0 Å². The van der Waals surface area contributed by atoms with Gasteiger partial charge in [-0.05, 0) is 17.7 Å². The normalized spacial score (nSPS) is 11.6. The number of carbonyl (C=O) groups excluding carboxylic acids is 1. The molecule has 1 heterocycles. The maximum absolute atomic E-state index is 11.9. The Morgan fingerprint density at radius 2 is 1.80 bits per heavy atom. The Morgan fingerprint density at radius 3 is 2.40 bits per heavy atom. The second-order valence-corrected chi connectivity index (χ2v) is 4.25. The van der Waals surface area contributed by atoms with Crippen LogP contribution in [0.2, 0.25) is 0 Å². The van der Waals surface area contributed by atoms with Crippen molar-refractivity contribution in [2.24, 2.45) is 0 Å². The van der Waals surface area contributed by atoms with Crippen LogP contribution in [-0.4, -0.2) is 22.0 Å². The number of nitrogens with zero attached hydrogens (tertiary/aromatic N) is 1. The number of aliphatic carboxylic acids is 1. The summed E-state index contributed by atoms with van der Waals surface area (Å²) in [4.78, 5) is 27.2. The van der Waals surface area contributed by atoms with Crippen LogP contribution in [0.3, 0.4) is 0 Å². The van der Waals surface area contributed by atoms with Gasteiger partial charge in [0.1, 0.15) is 0 Å². The first-order valence-corrected chi connectivity index (χ1v) is 6.14. The van der Waals surface area contributed by atoms with E-state index in [4.69, 9.17) is 0 Å². The van der Waals surface area contributed by atoms with Gasteiger partial charge in [0.05, 0.1) is 6.42 Å². The van der Waals surface area contributed by atoms with Crippen LogP contribution in [-0.2, 0) is 16.0 Å². The van der Waals surface area contributed by atoms with E-state index in [0.29, 0.717) is 11.3 Å². The topological polar surface area (TPSA) is 79.3 Å². The van der Waals surface area contributed by atoms with Crippen LogP contribution in [0.4, 0.5) is 0 Å². The maximum Gasteiger partial charge on any atom is 0.330 e. The van der Waals surface area contributed by atoms with Crippen molar-refractivity contribution in [2.45, 2.75) is 12.5 Å². The SMILES string of the molecule is O=C(Cc1ccccn1)N[C@H](C(=O)O)c1ccccc1. The van der Waals surface area contributed by atoms with Gasteiger partial charge in [-0.1, -0.05) is 36.4 Å². The van der Waals surface area contributed by atoms with E-state index >= 15 is 0 Å². The van der Waals surface area contributed by atoms with Gasteiger partial charge in [-0.3, -0.25) is 9.78 Å². The van der Waals surface area contributed by atoms with E-state index < -0.39 is 12.0 Å². The summed E-state index contributed by atoms with van der Waals surface area (Å²) in [6.07, 6.45) is 1.64. The molecule has 0 fully saturated rings. The maximum atomic E-state index is 11.9. The van der Waals surface area contributed by atoms with Crippen LogP contribution < -0.4 is 5.32 Å². The van der Waals surface area contributed by atoms with Crippen LogP contribution in [0.1, 0.15) is 17.3 Å². The van der Waals surface area contributed by atoms with Crippen LogP contribution in [0.15, 0.2) is 54.7 Å². The molecule has 2 N–H and O–H groups in total. The highest BCUT2D eigenvalue weighted by molar-refractivity contribution is 5.85. The van der Waals surface area contributed by atoms with Crippen molar-refractivity contribution in [3.8, 4) is 0 Å². The minimum atomic E-state index is -1.09. The summed E-state index contributed by atoms with van der Waals surface area (Å²) in [5.74, 6) is -1.47. The molecule has 1 amide bonds. The number of carbonyl (C=O) groups is 2. The molecule has 5 nitrogen and oxygen atoms in total. The minimum absolute atomic E-state index is 0.0530. The Hall–Kier alpha value is -2.69. The highest BCUT2D eigenvalue weighted by Crippen LogP contribution is 2.12. The van der Waals surface area contributed by atoms with Crippen molar-refractivity contribution in [1.29, 1.82) is 0 Å². The van der Waals surface area contributed by atoms with Crippen LogP contribution in [0, 0.1) is 0 Å². The van der Waals surface area contributed by atoms with Gasteiger partial charge in [0.15, 0.2) is 6.04 Å². The first-order valence-electron chi connectivity index (χ1n) is 6.14. The lowest BCUT2D eigenvalue weighted by atomic mass is 10.1. The Balaban J connectivity index is 2.06. The molecular formula is C15H14N2O3. The van der Waals surface area contributed by atoms with E-state index in [1.165, 1.54) is 0 Å². The predicted molar refractivity (Wildman–Crippen MR) is 72.9 cm³/mol. The average Bonchev–Trinajstić information content (AvgIpc) is 2.46. The molecule has 2 aromatic rings. The molecule has 0 aliphatic heterocycles. The third kappa shape index (κ3) is 3.65. The quantitative estimate of drug-likeness (QED) is 0.864. The number of rotatable bonds is 5. The second kappa shape index (κ2) is 6.47. The van der Waals surface area contributed by atoms with Crippen molar-refractivity contribution in [3.63, 3.8) is 0 Å². The van der Waals surface area contributed by atoms with E-state index in [2.05, 4.69) is 10.3 Å². The summed E-state index contributed by atoms with van der Waals surface area (Å²) in [5.41, 5.74) is 1.14. The van der Waals surface area contributed by atoms with Gasteiger partial charge >= 0.3 is 5.97 Å². The molecule has 2 rings (SSSR count). The highest BCUT2D eigenvalue weighted by atomic mass is 16.4. The standard InChI is InChI=1S/C15H14N2O3/c18-13(10-12-8-4-5-9-16-12)17-14(15(19)20)11-6-2-1-3-7-11/h1-9,14H,10H2,(H,17,18)(H,19,20)/t14-/m0/s1. The third-order valence-electron chi connectivity index (χ3n) is 2.75. The second-order valence-electron chi connectivity index (χ2n) is 4.25. The average molecular weight is 270 g/mol. The van der Waals surface area contributed by atoms with E-state index in [9.17, 15) is 14.7 Å². The zero-order chi connectivity index (χ0) is 14.4. The van der Waals surface area contributed by atoms with Crippen molar-refractivity contribution < 1.29 is 14.7 Å². The van der Waals surface area contributed by atoms with Gasteiger partial charge < -0.3 is 10.4 Å². The number of hydrogen-bond acceptors (Lipinski definition) is 3. The Labute approximate surface area is 116 Å². The number of carboxylic acids is 1. The van der Waals surface area contributed by atoms with Crippen molar-refractivity contribution >= 4 is 11.9 Å².